The number of amides is 1. The normalized spacial score (nSPS) is 15.9. The average Bonchev–Trinajstić information content (AvgIpc) is 3.13. The number of benzene rings is 1. The lowest BCUT2D eigenvalue weighted by Crippen LogP contribution is -2.41. The van der Waals surface area contributed by atoms with Crippen LogP contribution in [0.15, 0.2) is 35.5 Å². The molecular weight excluding hydrogens is 385 g/mol. The zero-order valence-electron chi connectivity index (χ0n) is 15.3. The van der Waals surface area contributed by atoms with E-state index in [-0.39, 0.29) is 22.3 Å². The number of hydrogen-bond donors (Lipinski definition) is 1. The first-order valence-electron chi connectivity index (χ1n) is 8.78. The van der Waals surface area contributed by atoms with Crippen LogP contribution in [0.4, 0.5) is 4.39 Å². The second kappa shape index (κ2) is 8.08. The molecule has 0 aliphatic carbocycles. The Kier molecular flexibility index (Phi) is 5.76. The number of aryl methyl sites for hydroxylation is 1. The van der Waals surface area contributed by atoms with E-state index >= 15 is 0 Å². The second-order valence-electron chi connectivity index (χ2n) is 6.71. The molecule has 0 radical (unpaired) electrons. The topological polar surface area (TPSA) is 108 Å². The molecule has 0 atom stereocenters. The number of nitrogens with zero attached hydrogens (tertiary/aromatic N) is 4. The van der Waals surface area contributed by atoms with Crippen molar-refractivity contribution >= 4 is 15.9 Å². The van der Waals surface area contributed by atoms with Crippen LogP contribution in [0.25, 0.3) is 0 Å². The van der Waals surface area contributed by atoms with Crippen LogP contribution in [0, 0.1) is 23.1 Å². The number of carbonyl (C=O) groups excluding carboxylic acids is 1. The molecule has 148 valence electrons. The number of nitrogens with one attached hydrogen (secondary N) is 1. The van der Waals surface area contributed by atoms with Crippen LogP contribution in [0.2, 0.25) is 0 Å². The predicted molar refractivity (Wildman–Crippen MR) is 98.1 cm³/mol. The Morgan fingerprint density at radius 3 is 2.71 bits per heavy atom. The van der Waals surface area contributed by atoms with Crippen LogP contribution in [0.3, 0.4) is 0 Å². The minimum absolute atomic E-state index is 0.0891. The third-order valence-corrected chi connectivity index (χ3v) is 6.68. The van der Waals surface area contributed by atoms with Gasteiger partial charge in [-0.3, -0.25) is 9.48 Å². The van der Waals surface area contributed by atoms with E-state index in [1.165, 1.54) is 16.6 Å². The van der Waals surface area contributed by atoms with E-state index in [2.05, 4.69) is 10.4 Å². The first kappa shape index (κ1) is 20.0. The summed E-state index contributed by atoms with van der Waals surface area (Å²) in [5, 5.41) is 15.7. The molecule has 1 aromatic carbocycles. The van der Waals surface area contributed by atoms with Crippen LogP contribution in [0.1, 0.15) is 28.8 Å². The summed E-state index contributed by atoms with van der Waals surface area (Å²) in [5.74, 6) is -0.794. The molecule has 1 aliphatic rings. The van der Waals surface area contributed by atoms with E-state index in [0.29, 0.717) is 38.0 Å². The number of sulfonamides is 1. The van der Waals surface area contributed by atoms with Gasteiger partial charge in [-0.25, -0.2) is 12.8 Å². The number of halogens is 1. The maximum atomic E-state index is 13.5. The second-order valence-corrected chi connectivity index (χ2v) is 8.65. The molecule has 1 N–H and O–H groups in total. The van der Waals surface area contributed by atoms with E-state index in [4.69, 9.17) is 5.26 Å². The van der Waals surface area contributed by atoms with Gasteiger partial charge in [0.25, 0.3) is 5.91 Å². The minimum atomic E-state index is -3.79. The van der Waals surface area contributed by atoms with Gasteiger partial charge in [-0.05, 0) is 37.0 Å². The molecule has 0 bridgehead atoms. The van der Waals surface area contributed by atoms with Gasteiger partial charge in [-0.15, -0.1) is 0 Å². The Hall–Kier alpha value is -2.77. The predicted octanol–water partition coefficient (Wildman–Crippen LogP) is 1.26. The number of nitriles is 1. The number of rotatable bonds is 5. The number of aromatic nitrogens is 2. The fraction of sp³-hybridized carbons (Fsp3) is 0.389. The quantitative estimate of drug-likeness (QED) is 0.806. The number of carbonyl (C=O) groups is 1. The third-order valence-electron chi connectivity index (χ3n) is 4.79. The molecule has 1 aromatic heterocycles. The van der Waals surface area contributed by atoms with Crippen molar-refractivity contribution in [2.75, 3.05) is 19.6 Å². The van der Waals surface area contributed by atoms with Crippen LogP contribution in [0.5, 0.6) is 0 Å². The highest BCUT2D eigenvalue weighted by molar-refractivity contribution is 7.89. The molecule has 0 unspecified atom stereocenters. The van der Waals surface area contributed by atoms with Crippen molar-refractivity contribution in [1.29, 1.82) is 5.26 Å². The molecule has 10 heteroatoms. The Balaban J connectivity index is 1.57. The highest BCUT2D eigenvalue weighted by atomic mass is 32.2. The fourth-order valence-electron chi connectivity index (χ4n) is 3.13. The molecule has 0 spiro atoms. The van der Waals surface area contributed by atoms with Crippen LogP contribution < -0.4 is 5.32 Å². The molecule has 28 heavy (non-hydrogen) atoms. The fourth-order valence-corrected chi connectivity index (χ4v) is 4.63. The molecule has 1 saturated heterocycles. The maximum Gasteiger partial charge on any atom is 0.254 e. The Morgan fingerprint density at radius 2 is 2.11 bits per heavy atom. The monoisotopic (exact) mass is 405 g/mol. The zero-order valence-corrected chi connectivity index (χ0v) is 16.1. The Morgan fingerprint density at radius 1 is 1.39 bits per heavy atom. The van der Waals surface area contributed by atoms with Crippen molar-refractivity contribution in [1.82, 2.24) is 19.4 Å². The lowest BCUT2D eigenvalue weighted by atomic mass is 9.98. The van der Waals surface area contributed by atoms with Gasteiger partial charge in [0, 0.05) is 32.9 Å². The molecule has 1 amide bonds. The van der Waals surface area contributed by atoms with Crippen molar-refractivity contribution in [2.45, 2.75) is 17.7 Å². The summed E-state index contributed by atoms with van der Waals surface area (Å²) in [6, 6.07) is 4.88. The smallest absolute Gasteiger partial charge is 0.254 e. The summed E-state index contributed by atoms with van der Waals surface area (Å²) in [5.41, 5.74) is 0.182. The van der Waals surface area contributed by atoms with Gasteiger partial charge in [-0.2, -0.15) is 14.7 Å². The summed E-state index contributed by atoms with van der Waals surface area (Å²) in [6.07, 6.45) is 4.31. The average molecular weight is 405 g/mol. The SMILES string of the molecule is Cn1cc(C(=O)NCC2CCN(S(=O)(=O)c3ccc(F)c(C#N)c3)CC2)cn1. The third kappa shape index (κ3) is 4.21. The molecule has 0 saturated carbocycles. The first-order chi connectivity index (χ1) is 13.3. The summed E-state index contributed by atoms with van der Waals surface area (Å²) in [4.78, 5) is 12.0. The number of hydrogen-bond acceptors (Lipinski definition) is 5. The highest BCUT2D eigenvalue weighted by Gasteiger charge is 2.30. The van der Waals surface area contributed by atoms with Crippen molar-refractivity contribution < 1.29 is 17.6 Å². The van der Waals surface area contributed by atoms with Gasteiger partial charge in [0.2, 0.25) is 10.0 Å². The van der Waals surface area contributed by atoms with E-state index in [1.807, 2.05) is 0 Å². The molecule has 1 aliphatic heterocycles. The maximum absolute atomic E-state index is 13.5. The van der Waals surface area contributed by atoms with Gasteiger partial charge in [0.15, 0.2) is 0 Å². The summed E-state index contributed by atoms with van der Waals surface area (Å²) >= 11 is 0. The molecular formula is C18H20FN5O3S. The van der Waals surface area contributed by atoms with Gasteiger partial charge in [-0.1, -0.05) is 0 Å². The van der Waals surface area contributed by atoms with Gasteiger partial charge < -0.3 is 5.32 Å². The summed E-state index contributed by atoms with van der Waals surface area (Å²) < 4.78 is 41.8. The molecule has 1 fully saturated rings. The lowest BCUT2D eigenvalue weighted by Gasteiger charge is -2.31. The first-order valence-corrected chi connectivity index (χ1v) is 10.2. The van der Waals surface area contributed by atoms with Crippen molar-refractivity contribution in [3.63, 3.8) is 0 Å². The van der Waals surface area contributed by atoms with Crippen LogP contribution >= 0.6 is 0 Å². The van der Waals surface area contributed by atoms with E-state index < -0.39 is 15.8 Å². The van der Waals surface area contributed by atoms with Gasteiger partial charge in [0.1, 0.15) is 11.9 Å². The molecule has 2 heterocycles. The van der Waals surface area contributed by atoms with Crippen LogP contribution in [-0.2, 0) is 17.1 Å². The lowest BCUT2D eigenvalue weighted by molar-refractivity contribution is 0.0941. The zero-order chi connectivity index (χ0) is 20.3. The van der Waals surface area contributed by atoms with E-state index in [1.54, 1.807) is 24.0 Å². The summed E-state index contributed by atoms with van der Waals surface area (Å²) in [7, 11) is -2.06. The van der Waals surface area contributed by atoms with Gasteiger partial charge >= 0.3 is 0 Å². The standard InChI is InChI=1S/C18H20FN5O3S/c1-23-12-15(11-22-23)18(25)21-10-13-4-6-24(7-5-13)28(26,27)16-2-3-17(19)14(8-16)9-20/h2-3,8,11-13H,4-7,10H2,1H3,(H,21,25). The highest BCUT2D eigenvalue weighted by Crippen LogP contribution is 2.24. The van der Waals surface area contributed by atoms with Gasteiger partial charge in [0.05, 0.1) is 22.2 Å². The van der Waals surface area contributed by atoms with Crippen molar-refractivity contribution in [2.24, 2.45) is 13.0 Å². The van der Waals surface area contributed by atoms with E-state index in [9.17, 15) is 17.6 Å². The largest absolute Gasteiger partial charge is 0.352 e. The Labute approximate surface area is 162 Å². The molecule has 8 nitrogen and oxygen atoms in total. The van der Waals surface area contributed by atoms with Crippen molar-refractivity contribution in [3.05, 3.63) is 47.5 Å². The Bertz CT molecular complexity index is 1020. The van der Waals surface area contributed by atoms with E-state index in [0.717, 1.165) is 12.1 Å². The van der Waals surface area contributed by atoms with Crippen LogP contribution in [-0.4, -0.2) is 48.0 Å². The molecule has 3 rings (SSSR count). The molecule has 2 aromatic rings. The van der Waals surface area contributed by atoms with Crippen molar-refractivity contribution in [3.8, 4) is 6.07 Å². The summed E-state index contributed by atoms with van der Waals surface area (Å²) in [6.45, 7) is 1.06. The number of piperidine rings is 1. The minimum Gasteiger partial charge on any atom is -0.352 e.